The Morgan fingerprint density at radius 3 is 2.26 bits per heavy atom. The summed E-state index contributed by atoms with van der Waals surface area (Å²) in [4.78, 5) is 2.08. The topological polar surface area (TPSA) is 27.0 Å². The molecule has 2 rings (SSSR count). The molecule has 19 heavy (non-hydrogen) atoms. The molecule has 0 aromatic heterocycles. The molecule has 0 radical (unpaired) electrons. The average Bonchev–Trinajstić information content (AvgIpc) is 2.42. The first-order valence-electron chi connectivity index (χ1n) is 6.19. The molecule has 0 heterocycles. The lowest BCUT2D eigenvalue weighted by atomic mass is 10.1. The van der Waals surface area contributed by atoms with Crippen molar-refractivity contribution < 1.29 is 4.39 Å². The zero-order valence-electron chi connectivity index (χ0n) is 11.0. The molecule has 0 aliphatic rings. The van der Waals surface area contributed by atoms with Gasteiger partial charge in [0.1, 0.15) is 5.82 Å². The van der Waals surface area contributed by atoms with Gasteiger partial charge in [-0.15, -0.1) is 0 Å². The largest absolute Gasteiger partial charge is 0.342 e. The molecule has 0 aliphatic heterocycles. The summed E-state index contributed by atoms with van der Waals surface area (Å²) < 4.78 is 13.0. The molecule has 3 heteroatoms. The molecule has 96 valence electrons. The predicted molar refractivity (Wildman–Crippen MR) is 75.0 cm³/mol. The smallest absolute Gasteiger partial charge is 0.123 e. The van der Waals surface area contributed by atoms with E-state index in [-0.39, 0.29) is 5.82 Å². The Labute approximate surface area is 112 Å². The first-order chi connectivity index (χ1) is 9.15. The van der Waals surface area contributed by atoms with Crippen LogP contribution in [0.5, 0.6) is 0 Å². The first kappa shape index (κ1) is 13.1. The van der Waals surface area contributed by atoms with E-state index in [1.165, 1.54) is 12.1 Å². The van der Waals surface area contributed by atoms with Gasteiger partial charge >= 0.3 is 0 Å². The maximum absolute atomic E-state index is 13.0. The van der Waals surface area contributed by atoms with E-state index in [0.717, 1.165) is 23.5 Å². The molecular weight excluding hydrogens is 239 g/mol. The number of halogens is 1. The number of benzene rings is 2. The van der Waals surface area contributed by atoms with Crippen molar-refractivity contribution >= 4 is 11.4 Å². The summed E-state index contributed by atoms with van der Waals surface area (Å²) in [6, 6.07) is 14.3. The third-order valence-corrected chi connectivity index (χ3v) is 3.10. The second kappa shape index (κ2) is 5.53. The van der Waals surface area contributed by atoms with Gasteiger partial charge in [-0.25, -0.2) is 4.39 Å². The van der Waals surface area contributed by atoms with Crippen LogP contribution in [0.1, 0.15) is 18.1 Å². The van der Waals surface area contributed by atoms with Gasteiger partial charge in [0.25, 0.3) is 0 Å². The van der Waals surface area contributed by atoms with Gasteiger partial charge in [-0.1, -0.05) is 0 Å². The summed E-state index contributed by atoms with van der Waals surface area (Å²) in [5.41, 5.74) is 3.57. The highest BCUT2D eigenvalue weighted by Crippen LogP contribution is 2.26. The average molecular weight is 254 g/mol. The summed E-state index contributed by atoms with van der Waals surface area (Å²) in [6.07, 6.45) is 0. The highest BCUT2D eigenvalue weighted by Gasteiger charge is 2.08. The maximum Gasteiger partial charge on any atom is 0.123 e. The van der Waals surface area contributed by atoms with Gasteiger partial charge in [0.05, 0.1) is 11.6 Å². The lowest BCUT2D eigenvalue weighted by Crippen LogP contribution is -2.16. The Bertz CT molecular complexity index is 612. The van der Waals surface area contributed by atoms with E-state index in [2.05, 4.69) is 11.0 Å². The van der Waals surface area contributed by atoms with Crippen molar-refractivity contribution in [2.24, 2.45) is 0 Å². The summed E-state index contributed by atoms with van der Waals surface area (Å²) in [5.74, 6) is -0.240. The molecule has 0 bridgehead atoms. The van der Waals surface area contributed by atoms with E-state index < -0.39 is 0 Å². The van der Waals surface area contributed by atoms with Crippen LogP contribution >= 0.6 is 0 Å². The van der Waals surface area contributed by atoms with E-state index in [9.17, 15) is 4.39 Å². The van der Waals surface area contributed by atoms with Crippen molar-refractivity contribution in [2.45, 2.75) is 13.8 Å². The minimum Gasteiger partial charge on any atom is -0.342 e. The molecule has 0 saturated carbocycles. The molecule has 0 atom stereocenters. The van der Waals surface area contributed by atoms with Gasteiger partial charge < -0.3 is 4.90 Å². The molecule has 2 aromatic carbocycles. The third kappa shape index (κ3) is 2.74. The van der Waals surface area contributed by atoms with Crippen LogP contribution in [0, 0.1) is 24.1 Å². The number of nitrogens with zero attached hydrogens (tertiary/aromatic N) is 2. The lowest BCUT2D eigenvalue weighted by Gasteiger charge is -2.23. The first-order valence-corrected chi connectivity index (χ1v) is 6.19. The summed E-state index contributed by atoms with van der Waals surface area (Å²) in [7, 11) is 0. The highest BCUT2D eigenvalue weighted by molar-refractivity contribution is 5.65. The molecule has 0 unspecified atom stereocenters. The van der Waals surface area contributed by atoms with E-state index in [1.54, 1.807) is 12.1 Å². The second-order valence-corrected chi connectivity index (χ2v) is 4.33. The summed E-state index contributed by atoms with van der Waals surface area (Å²) in [5, 5.41) is 8.95. The van der Waals surface area contributed by atoms with Crippen LogP contribution in [0.4, 0.5) is 15.8 Å². The van der Waals surface area contributed by atoms with Gasteiger partial charge in [-0.3, -0.25) is 0 Å². The highest BCUT2D eigenvalue weighted by atomic mass is 19.1. The van der Waals surface area contributed by atoms with Crippen LogP contribution in [-0.2, 0) is 0 Å². The number of hydrogen-bond donors (Lipinski definition) is 0. The van der Waals surface area contributed by atoms with E-state index >= 15 is 0 Å². The lowest BCUT2D eigenvalue weighted by molar-refractivity contribution is 0.628. The molecule has 0 saturated heterocycles. The van der Waals surface area contributed by atoms with Crippen molar-refractivity contribution in [1.82, 2.24) is 0 Å². The summed E-state index contributed by atoms with van der Waals surface area (Å²) >= 11 is 0. The fourth-order valence-corrected chi connectivity index (χ4v) is 2.08. The van der Waals surface area contributed by atoms with E-state index in [4.69, 9.17) is 5.26 Å². The zero-order valence-corrected chi connectivity index (χ0v) is 11.0. The number of anilines is 2. The standard InChI is InChI=1S/C16H15FN2/c1-3-19(15-8-5-14(17)6-9-15)16-7-4-13(11-18)12(2)10-16/h4-10H,3H2,1-2H3. The van der Waals surface area contributed by atoms with E-state index in [0.29, 0.717) is 5.56 Å². The number of hydrogen-bond acceptors (Lipinski definition) is 2. The minimum atomic E-state index is -0.240. The van der Waals surface area contributed by atoms with Crippen molar-refractivity contribution in [1.29, 1.82) is 5.26 Å². The van der Waals surface area contributed by atoms with Crippen molar-refractivity contribution in [3.63, 3.8) is 0 Å². The van der Waals surface area contributed by atoms with E-state index in [1.807, 2.05) is 32.0 Å². The molecule has 0 fully saturated rings. The van der Waals surface area contributed by atoms with Crippen molar-refractivity contribution in [3.8, 4) is 6.07 Å². The van der Waals surface area contributed by atoms with Gasteiger partial charge in [-0.2, -0.15) is 5.26 Å². The Kier molecular flexibility index (Phi) is 3.82. The quantitative estimate of drug-likeness (QED) is 0.822. The summed E-state index contributed by atoms with van der Waals surface area (Å²) in [6.45, 7) is 4.73. The predicted octanol–water partition coefficient (Wildman–Crippen LogP) is 4.16. The maximum atomic E-state index is 13.0. The van der Waals surface area contributed by atoms with Crippen molar-refractivity contribution in [2.75, 3.05) is 11.4 Å². The van der Waals surface area contributed by atoms with Gasteiger partial charge in [0.15, 0.2) is 0 Å². The van der Waals surface area contributed by atoms with Crippen molar-refractivity contribution in [3.05, 3.63) is 59.4 Å². The minimum absolute atomic E-state index is 0.240. The van der Waals surface area contributed by atoms with Gasteiger partial charge in [0, 0.05) is 17.9 Å². The van der Waals surface area contributed by atoms with Crippen LogP contribution in [0.2, 0.25) is 0 Å². The molecule has 0 N–H and O–H groups in total. The number of aryl methyl sites for hydroxylation is 1. The molecule has 2 nitrogen and oxygen atoms in total. The van der Waals surface area contributed by atoms with Crippen LogP contribution in [-0.4, -0.2) is 6.54 Å². The Hall–Kier alpha value is -2.34. The fraction of sp³-hybridized carbons (Fsp3) is 0.188. The van der Waals surface area contributed by atoms with Crippen LogP contribution in [0.25, 0.3) is 0 Å². The number of rotatable bonds is 3. The Morgan fingerprint density at radius 2 is 1.74 bits per heavy atom. The number of nitriles is 1. The van der Waals surface area contributed by atoms with Gasteiger partial charge in [0.2, 0.25) is 0 Å². The molecular formula is C16H15FN2. The molecule has 0 spiro atoms. The van der Waals surface area contributed by atoms with Crippen LogP contribution in [0.3, 0.4) is 0 Å². The zero-order chi connectivity index (χ0) is 13.8. The SMILES string of the molecule is CCN(c1ccc(F)cc1)c1ccc(C#N)c(C)c1. The molecule has 0 amide bonds. The van der Waals surface area contributed by atoms with Gasteiger partial charge in [-0.05, 0) is 61.9 Å². The third-order valence-electron chi connectivity index (χ3n) is 3.10. The fourth-order valence-electron chi connectivity index (χ4n) is 2.08. The molecule has 2 aromatic rings. The van der Waals surface area contributed by atoms with Crippen LogP contribution < -0.4 is 4.90 Å². The Morgan fingerprint density at radius 1 is 1.11 bits per heavy atom. The molecule has 0 aliphatic carbocycles. The Balaban J connectivity index is 2.40. The monoisotopic (exact) mass is 254 g/mol. The van der Waals surface area contributed by atoms with Crippen LogP contribution in [0.15, 0.2) is 42.5 Å². The second-order valence-electron chi connectivity index (χ2n) is 4.33. The normalized spacial score (nSPS) is 10.0.